The van der Waals surface area contributed by atoms with Gasteiger partial charge in [0.25, 0.3) is 0 Å². The molecule has 0 aliphatic carbocycles. The Hall–Kier alpha value is -2.12. The fourth-order valence-electron chi connectivity index (χ4n) is 1.75. The van der Waals surface area contributed by atoms with Crippen LogP contribution >= 0.6 is 0 Å². The van der Waals surface area contributed by atoms with E-state index in [-0.39, 0.29) is 6.07 Å². The van der Waals surface area contributed by atoms with Crippen LogP contribution in [0.2, 0.25) is 0 Å². The van der Waals surface area contributed by atoms with Crippen molar-refractivity contribution in [1.29, 1.82) is 0 Å². The summed E-state index contributed by atoms with van der Waals surface area (Å²) in [6, 6.07) is 3.44. The molecule has 0 atom stereocenters. The third-order valence-electron chi connectivity index (χ3n) is 2.80. The fraction of sp³-hybridized carbons (Fsp3) is 0.143. The average Bonchev–Trinajstić information content (AvgIpc) is 2.37. The minimum atomic E-state index is -4.82. The van der Waals surface area contributed by atoms with Crippen LogP contribution in [0.25, 0.3) is 11.1 Å². The van der Waals surface area contributed by atoms with Crippen molar-refractivity contribution >= 4 is 0 Å². The number of halogens is 8. The lowest BCUT2D eigenvalue weighted by Gasteiger charge is -2.12. The molecule has 0 aliphatic heterocycles. The molecule has 22 heavy (non-hydrogen) atoms. The second-order valence-corrected chi connectivity index (χ2v) is 4.31. The maximum atomic E-state index is 13.7. The molecule has 1 radical (unpaired) electrons. The van der Waals surface area contributed by atoms with Gasteiger partial charge in [0.05, 0.1) is 11.1 Å². The zero-order valence-electron chi connectivity index (χ0n) is 10.4. The summed E-state index contributed by atoms with van der Waals surface area (Å²) in [5.41, 5.74) is -4.15. The van der Waals surface area contributed by atoms with Crippen molar-refractivity contribution in [2.45, 2.75) is 12.4 Å². The van der Waals surface area contributed by atoms with E-state index in [1.165, 1.54) is 0 Å². The molecule has 0 bridgehead atoms. The number of benzene rings is 2. The van der Waals surface area contributed by atoms with Gasteiger partial charge in [-0.25, -0.2) is 8.78 Å². The Bertz CT molecular complexity index is 697. The predicted molar refractivity (Wildman–Crippen MR) is 60.6 cm³/mol. The van der Waals surface area contributed by atoms with Crippen molar-refractivity contribution in [3.8, 4) is 11.1 Å². The lowest BCUT2D eigenvalue weighted by atomic mass is 10.00. The molecule has 8 heteroatoms. The first-order valence-electron chi connectivity index (χ1n) is 5.65. The molecule has 2 rings (SSSR count). The van der Waals surface area contributed by atoms with E-state index in [2.05, 4.69) is 0 Å². The molecule has 0 heterocycles. The van der Waals surface area contributed by atoms with Gasteiger partial charge in [0.2, 0.25) is 0 Å². The molecule has 0 aromatic heterocycles. The summed E-state index contributed by atoms with van der Waals surface area (Å²) in [5.74, 6) is -2.78. The molecule has 0 aliphatic rings. The van der Waals surface area contributed by atoms with Crippen LogP contribution in [0.15, 0.2) is 30.3 Å². The predicted octanol–water partition coefficient (Wildman–Crippen LogP) is 5.47. The van der Waals surface area contributed by atoms with Crippen molar-refractivity contribution in [2.24, 2.45) is 0 Å². The SMILES string of the molecule is Fc1[c]cc(C(F)(F)F)cc1-c1ccc(C(F)(F)F)cc1F. The van der Waals surface area contributed by atoms with Crippen LogP contribution in [0, 0.1) is 17.7 Å². The summed E-state index contributed by atoms with van der Waals surface area (Å²) in [4.78, 5) is 0. The van der Waals surface area contributed by atoms with Crippen molar-refractivity contribution in [3.63, 3.8) is 0 Å². The van der Waals surface area contributed by atoms with Gasteiger partial charge in [-0.05, 0) is 24.3 Å². The summed E-state index contributed by atoms with van der Waals surface area (Å²) in [5, 5.41) is 0. The van der Waals surface area contributed by atoms with Crippen molar-refractivity contribution < 1.29 is 35.1 Å². The van der Waals surface area contributed by atoms with E-state index in [1.54, 1.807) is 6.07 Å². The van der Waals surface area contributed by atoms with Gasteiger partial charge in [-0.1, -0.05) is 6.07 Å². The molecule has 2 aromatic rings. The lowest BCUT2D eigenvalue weighted by Crippen LogP contribution is -2.07. The molecular formula is C14H5F8. The normalized spacial score (nSPS) is 12.5. The van der Waals surface area contributed by atoms with E-state index in [4.69, 9.17) is 0 Å². The van der Waals surface area contributed by atoms with Crippen LogP contribution < -0.4 is 0 Å². The molecule has 0 spiro atoms. The first-order valence-corrected chi connectivity index (χ1v) is 5.65. The zero-order valence-corrected chi connectivity index (χ0v) is 10.4. The number of rotatable bonds is 1. The van der Waals surface area contributed by atoms with Gasteiger partial charge in [-0.15, -0.1) is 0 Å². The first-order chi connectivity index (χ1) is 10.00. The quantitative estimate of drug-likeness (QED) is 0.610. The van der Waals surface area contributed by atoms with Gasteiger partial charge in [0.1, 0.15) is 11.6 Å². The monoisotopic (exact) mass is 325 g/mol. The van der Waals surface area contributed by atoms with Crippen LogP contribution in [0.4, 0.5) is 35.1 Å². The topological polar surface area (TPSA) is 0 Å². The maximum absolute atomic E-state index is 13.7. The molecule has 0 nitrogen and oxygen atoms in total. The Morgan fingerprint density at radius 2 is 1.32 bits per heavy atom. The third-order valence-corrected chi connectivity index (χ3v) is 2.80. The van der Waals surface area contributed by atoms with Crippen LogP contribution in [0.1, 0.15) is 11.1 Å². The Balaban J connectivity index is 2.57. The summed E-state index contributed by atoms with van der Waals surface area (Å²) < 4.78 is 102. The van der Waals surface area contributed by atoms with Crippen LogP contribution in [0.5, 0.6) is 0 Å². The molecular weight excluding hydrogens is 320 g/mol. The number of hydrogen-bond donors (Lipinski definition) is 0. The molecule has 0 amide bonds. The van der Waals surface area contributed by atoms with Gasteiger partial charge in [-0.2, -0.15) is 26.3 Å². The number of alkyl halides is 6. The molecule has 0 fully saturated rings. The Labute approximate surface area is 119 Å². The highest BCUT2D eigenvalue weighted by molar-refractivity contribution is 5.66. The summed E-state index contributed by atoms with van der Waals surface area (Å²) in [6.07, 6.45) is -9.64. The van der Waals surface area contributed by atoms with Gasteiger partial charge in [-0.3, -0.25) is 0 Å². The number of hydrogen-bond acceptors (Lipinski definition) is 0. The maximum Gasteiger partial charge on any atom is 0.416 e. The van der Waals surface area contributed by atoms with E-state index in [1.807, 2.05) is 0 Å². The minimum absolute atomic E-state index is 0.0923. The second-order valence-electron chi connectivity index (χ2n) is 4.31. The molecule has 2 aromatic carbocycles. The highest BCUT2D eigenvalue weighted by Gasteiger charge is 2.33. The van der Waals surface area contributed by atoms with Gasteiger partial charge >= 0.3 is 12.4 Å². The van der Waals surface area contributed by atoms with E-state index in [0.29, 0.717) is 24.3 Å². The van der Waals surface area contributed by atoms with Crippen molar-refractivity contribution in [3.05, 3.63) is 59.2 Å². The smallest absolute Gasteiger partial charge is 0.206 e. The van der Waals surface area contributed by atoms with Crippen LogP contribution in [-0.2, 0) is 12.4 Å². The molecule has 0 N–H and O–H groups in total. The summed E-state index contributed by atoms with van der Waals surface area (Å²) in [6.45, 7) is 0. The summed E-state index contributed by atoms with van der Waals surface area (Å²) in [7, 11) is 0. The van der Waals surface area contributed by atoms with Gasteiger partial charge < -0.3 is 0 Å². The van der Waals surface area contributed by atoms with E-state index in [0.717, 1.165) is 0 Å². The molecule has 0 unspecified atom stereocenters. The third kappa shape index (κ3) is 3.20. The van der Waals surface area contributed by atoms with E-state index < -0.39 is 46.2 Å². The first kappa shape index (κ1) is 16.3. The van der Waals surface area contributed by atoms with Crippen molar-refractivity contribution in [1.82, 2.24) is 0 Å². The molecule has 117 valence electrons. The standard InChI is InChI=1S/C14H5F8/c15-11-4-2-7(13(17,18)19)5-10(11)9-3-1-8(6-12(9)16)14(20,21)22/h1-3,5-6H. The fourth-order valence-corrected chi connectivity index (χ4v) is 1.75. The van der Waals surface area contributed by atoms with Crippen LogP contribution in [-0.4, -0.2) is 0 Å². The Morgan fingerprint density at radius 1 is 0.727 bits per heavy atom. The largest absolute Gasteiger partial charge is 0.416 e. The Morgan fingerprint density at radius 3 is 1.82 bits per heavy atom. The van der Waals surface area contributed by atoms with Crippen molar-refractivity contribution in [2.75, 3.05) is 0 Å². The van der Waals surface area contributed by atoms with Gasteiger partial charge in [0.15, 0.2) is 0 Å². The molecule has 0 saturated carbocycles. The lowest BCUT2D eigenvalue weighted by molar-refractivity contribution is -0.138. The minimum Gasteiger partial charge on any atom is -0.206 e. The van der Waals surface area contributed by atoms with Gasteiger partial charge in [0, 0.05) is 17.2 Å². The highest BCUT2D eigenvalue weighted by atomic mass is 19.4. The zero-order chi connectivity index (χ0) is 16.7. The molecule has 0 saturated heterocycles. The van der Waals surface area contributed by atoms with Crippen LogP contribution in [0.3, 0.4) is 0 Å². The van der Waals surface area contributed by atoms with E-state index in [9.17, 15) is 35.1 Å². The second kappa shape index (κ2) is 5.26. The highest BCUT2D eigenvalue weighted by Crippen LogP contribution is 2.36. The average molecular weight is 325 g/mol. The Kier molecular flexibility index (Phi) is 3.88. The summed E-state index contributed by atoms with van der Waals surface area (Å²) >= 11 is 0. The van der Waals surface area contributed by atoms with E-state index >= 15 is 0 Å².